The first kappa shape index (κ1) is 57.0. The summed E-state index contributed by atoms with van der Waals surface area (Å²) < 4.78 is 4.66. The molecule has 98 heavy (non-hydrogen) atoms. The molecule has 8 nitrogen and oxygen atoms in total. The van der Waals surface area contributed by atoms with Gasteiger partial charge in [0.1, 0.15) is 0 Å². The van der Waals surface area contributed by atoms with E-state index in [1.165, 1.54) is 71.7 Å². The van der Waals surface area contributed by atoms with Crippen molar-refractivity contribution in [3.05, 3.63) is 326 Å². The molecule has 0 N–H and O–H groups in total. The van der Waals surface area contributed by atoms with Crippen LogP contribution in [0.1, 0.15) is 49.9 Å². The van der Waals surface area contributed by atoms with E-state index in [0.29, 0.717) is 35.1 Å². The first-order valence-electron chi connectivity index (χ1n) is 33.6. The second-order valence-corrected chi connectivity index (χ2v) is 27.0. The fourth-order valence-corrected chi connectivity index (χ4v) is 16.0. The van der Waals surface area contributed by atoms with Gasteiger partial charge < -0.3 is 4.57 Å². The van der Waals surface area contributed by atoms with Crippen LogP contribution in [0.25, 0.3) is 168 Å². The predicted molar refractivity (Wildman–Crippen MR) is 401 cm³/mol. The topological polar surface area (TPSA) is 87.2 Å². The molecule has 0 atom stereocenters. The molecule has 0 bridgehead atoms. The summed E-state index contributed by atoms with van der Waals surface area (Å²) in [5.74, 6) is 3.56. The van der Waals surface area contributed by atoms with Crippen molar-refractivity contribution in [1.82, 2.24) is 39.0 Å². The lowest BCUT2D eigenvalue weighted by atomic mass is 9.79. The SMILES string of the molecule is CC1(C)c2ccccc2-c2ccc3c(c21)c1ccccc1n3-c1ccc(-c2nc(-c3cccc(-c4ccccc4)c3)nc(-c3cccc(-c4ccc5c(c4)C(C)(C)c4c-5ccc5c4c4ccccc4n5-c4nc(-c5ccccc5)nc(-c5cccc(-c6ccccc6)c5)n4)c3)n2)cc1. The van der Waals surface area contributed by atoms with E-state index in [1.807, 2.05) is 24.3 Å². The molecule has 2 aliphatic carbocycles. The maximum atomic E-state index is 5.38. The summed E-state index contributed by atoms with van der Waals surface area (Å²) in [6.07, 6.45) is 0. The van der Waals surface area contributed by atoms with Gasteiger partial charge in [0.05, 0.1) is 22.1 Å². The predicted octanol–water partition coefficient (Wildman–Crippen LogP) is 22.2. The molecule has 4 aromatic heterocycles. The summed E-state index contributed by atoms with van der Waals surface area (Å²) in [6, 6.07) is 108. The normalized spacial score (nSPS) is 13.3. The molecule has 19 rings (SSSR count). The number of hydrogen-bond acceptors (Lipinski definition) is 6. The first-order valence-corrected chi connectivity index (χ1v) is 33.6. The summed E-state index contributed by atoms with van der Waals surface area (Å²) in [5.41, 5.74) is 26.4. The summed E-state index contributed by atoms with van der Waals surface area (Å²) in [5, 5.41) is 4.88. The van der Waals surface area contributed by atoms with E-state index in [0.717, 1.165) is 83.3 Å². The lowest BCUT2D eigenvalue weighted by Crippen LogP contribution is -2.15. The Morgan fingerprint density at radius 1 is 0.235 bits per heavy atom. The third-order valence-electron chi connectivity index (χ3n) is 20.6. The highest BCUT2D eigenvalue weighted by Gasteiger charge is 2.40. The quantitative estimate of drug-likeness (QED) is 0.136. The highest BCUT2D eigenvalue weighted by Crippen LogP contribution is 2.56. The van der Waals surface area contributed by atoms with Gasteiger partial charge in [0.25, 0.3) is 0 Å². The van der Waals surface area contributed by atoms with Crippen molar-refractivity contribution in [2.24, 2.45) is 0 Å². The lowest BCUT2D eigenvalue weighted by Gasteiger charge is -2.23. The van der Waals surface area contributed by atoms with Crippen molar-refractivity contribution < 1.29 is 0 Å². The zero-order valence-electron chi connectivity index (χ0n) is 54.4. The van der Waals surface area contributed by atoms with E-state index >= 15 is 0 Å². The van der Waals surface area contributed by atoms with Crippen LogP contribution in [0.3, 0.4) is 0 Å². The van der Waals surface area contributed by atoms with Crippen molar-refractivity contribution in [2.45, 2.75) is 38.5 Å². The highest BCUT2D eigenvalue weighted by atomic mass is 15.2. The zero-order chi connectivity index (χ0) is 65.4. The second kappa shape index (κ2) is 22.0. The summed E-state index contributed by atoms with van der Waals surface area (Å²) in [4.78, 5) is 31.9. The molecule has 8 heteroatoms. The van der Waals surface area contributed by atoms with Gasteiger partial charge in [-0.15, -0.1) is 0 Å². The van der Waals surface area contributed by atoms with Crippen LogP contribution in [-0.2, 0) is 10.8 Å². The molecular weight excluding hydrogens is 1190 g/mol. The fourth-order valence-electron chi connectivity index (χ4n) is 16.0. The van der Waals surface area contributed by atoms with Gasteiger partial charge in [-0.05, 0) is 151 Å². The van der Waals surface area contributed by atoms with Gasteiger partial charge in [0, 0.05) is 65.9 Å². The van der Waals surface area contributed by atoms with Gasteiger partial charge >= 0.3 is 0 Å². The Morgan fingerprint density at radius 3 is 1.14 bits per heavy atom. The zero-order valence-corrected chi connectivity index (χ0v) is 54.4. The maximum absolute atomic E-state index is 5.38. The number of aromatic nitrogens is 8. The molecule has 0 amide bonds. The standard InChI is InChI=1S/C90H62N8/c1-89(2)73-38-17-14-35-67(73)69-47-49-77-79(81(69)89)71-36-15-18-39-75(71)97(77)66-44-41-58(42-45-66)83-91-85(63-32-20-29-59(51-63)55-23-8-5-9-24-55)94-86(92-83)64-33-22-31-61(53-64)62-43-46-68-70-48-50-78-80(82(70)90(3,4)74(68)54-62)72-37-16-19-40-76(72)98(78)88-95-84(57-27-12-7-13-28-57)93-87(96-88)65-34-21-30-60(52-65)56-25-10-6-11-26-56/h5-54H,1-4H3. The molecule has 462 valence electrons. The van der Waals surface area contributed by atoms with E-state index in [1.54, 1.807) is 0 Å². The average molecular weight is 1260 g/mol. The van der Waals surface area contributed by atoms with Crippen LogP contribution in [-0.4, -0.2) is 39.0 Å². The van der Waals surface area contributed by atoms with Crippen LogP contribution in [0, 0.1) is 0 Å². The Kier molecular flexibility index (Phi) is 12.8. The molecule has 0 saturated carbocycles. The molecule has 0 unspecified atom stereocenters. The molecule has 13 aromatic carbocycles. The van der Waals surface area contributed by atoms with E-state index in [-0.39, 0.29) is 5.41 Å². The van der Waals surface area contributed by atoms with E-state index in [9.17, 15) is 0 Å². The molecule has 2 aliphatic rings. The minimum Gasteiger partial charge on any atom is -0.309 e. The smallest absolute Gasteiger partial charge is 0.238 e. The largest absolute Gasteiger partial charge is 0.309 e. The van der Waals surface area contributed by atoms with Gasteiger partial charge in [0.15, 0.2) is 29.1 Å². The van der Waals surface area contributed by atoms with E-state index in [2.05, 4.69) is 316 Å². The Morgan fingerprint density at radius 2 is 0.592 bits per heavy atom. The number of benzene rings is 13. The van der Waals surface area contributed by atoms with Crippen molar-refractivity contribution in [3.63, 3.8) is 0 Å². The molecule has 0 aliphatic heterocycles. The first-order chi connectivity index (χ1) is 48.1. The molecule has 0 spiro atoms. The molecule has 0 fully saturated rings. The van der Waals surface area contributed by atoms with Gasteiger partial charge in [-0.3, -0.25) is 4.57 Å². The van der Waals surface area contributed by atoms with Gasteiger partial charge in [-0.25, -0.2) is 19.9 Å². The van der Waals surface area contributed by atoms with Gasteiger partial charge in [0.2, 0.25) is 5.95 Å². The van der Waals surface area contributed by atoms with Crippen LogP contribution in [0.15, 0.2) is 303 Å². The van der Waals surface area contributed by atoms with Crippen LogP contribution in [0.5, 0.6) is 0 Å². The van der Waals surface area contributed by atoms with Crippen molar-refractivity contribution in [3.8, 4) is 124 Å². The second-order valence-electron chi connectivity index (χ2n) is 27.0. The summed E-state index contributed by atoms with van der Waals surface area (Å²) in [6.45, 7) is 9.49. The van der Waals surface area contributed by atoms with Crippen molar-refractivity contribution >= 4 is 43.6 Å². The maximum Gasteiger partial charge on any atom is 0.238 e. The number of rotatable bonds is 10. The summed E-state index contributed by atoms with van der Waals surface area (Å²) >= 11 is 0. The Hall–Kier alpha value is -12.5. The minimum absolute atomic E-state index is 0.167. The number of nitrogens with zero attached hydrogens (tertiary/aromatic N) is 8. The molecule has 4 heterocycles. The number of fused-ring (bicyclic) bond motifs is 14. The third-order valence-corrected chi connectivity index (χ3v) is 20.6. The molecule has 17 aromatic rings. The summed E-state index contributed by atoms with van der Waals surface area (Å²) in [7, 11) is 0. The van der Waals surface area contributed by atoms with Crippen molar-refractivity contribution in [2.75, 3.05) is 0 Å². The molecule has 0 radical (unpaired) electrons. The molecular formula is C90H62N8. The van der Waals surface area contributed by atoms with Crippen LogP contribution in [0.4, 0.5) is 0 Å². The van der Waals surface area contributed by atoms with Gasteiger partial charge in [-0.1, -0.05) is 258 Å². The van der Waals surface area contributed by atoms with Crippen LogP contribution >= 0.6 is 0 Å². The Labute approximate surface area is 567 Å². The van der Waals surface area contributed by atoms with E-state index < -0.39 is 5.41 Å². The lowest BCUT2D eigenvalue weighted by molar-refractivity contribution is 0.666. The minimum atomic E-state index is -0.406. The van der Waals surface area contributed by atoms with Gasteiger partial charge in [-0.2, -0.15) is 9.97 Å². The van der Waals surface area contributed by atoms with Crippen LogP contribution < -0.4 is 0 Å². The number of hydrogen-bond donors (Lipinski definition) is 0. The average Bonchev–Trinajstić information content (AvgIpc) is 1.54. The van der Waals surface area contributed by atoms with Crippen LogP contribution in [0.2, 0.25) is 0 Å². The Balaban J connectivity index is 0.704. The highest BCUT2D eigenvalue weighted by molar-refractivity contribution is 6.16. The number of para-hydroxylation sites is 2. The van der Waals surface area contributed by atoms with Crippen molar-refractivity contribution in [1.29, 1.82) is 0 Å². The molecule has 0 saturated heterocycles. The third kappa shape index (κ3) is 8.98. The fraction of sp³-hybridized carbons (Fsp3) is 0.0667. The van der Waals surface area contributed by atoms with E-state index in [4.69, 9.17) is 29.9 Å². The monoisotopic (exact) mass is 1250 g/mol. The Bertz CT molecular complexity index is 6100.